The Labute approximate surface area is 69.0 Å². The Kier molecular flexibility index (Phi) is 2.63. The fourth-order valence-corrected chi connectivity index (χ4v) is 1.73. The van der Waals surface area contributed by atoms with E-state index in [1.807, 2.05) is 0 Å². The maximum Gasteiger partial charge on any atom is 0.404 e. The third-order valence-electron chi connectivity index (χ3n) is 2.34. The zero-order chi connectivity index (χ0) is 9.35. The highest BCUT2D eigenvalue weighted by Crippen LogP contribution is 2.35. The molecule has 1 aliphatic heterocycles. The van der Waals surface area contributed by atoms with Gasteiger partial charge in [0.1, 0.15) is 6.04 Å². The van der Waals surface area contributed by atoms with Gasteiger partial charge in [-0.2, -0.15) is 13.2 Å². The molecule has 1 N–H and O–H groups in total. The zero-order valence-electron chi connectivity index (χ0n) is 6.80. The van der Waals surface area contributed by atoms with Gasteiger partial charge in [0.15, 0.2) is 0 Å². The predicted molar refractivity (Wildman–Crippen MR) is 37.7 cm³/mol. The minimum Gasteiger partial charge on any atom is -0.396 e. The van der Waals surface area contributed by atoms with E-state index in [-0.39, 0.29) is 6.61 Å². The fourth-order valence-electron chi connectivity index (χ4n) is 1.73. The van der Waals surface area contributed by atoms with Crippen LogP contribution in [0.15, 0.2) is 0 Å². The molecule has 1 heterocycles. The molecule has 1 fully saturated rings. The topological polar surface area (TPSA) is 23.5 Å². The summed E-state index contributed by atoms with van der Waals surface area (Å²) in [6, 6.07) is -1.46. The molecule has 0 radical (unpaired) electrons. The molecule has 0 aromatic rings. The van der Waals surface area contributed by atoms with Gasteiger partial charge in [-0.1, -0.05) is 0 Å². The van der Waals surface area contributed by atoms with Crippen LogP contribution in [0.4, 0.5) is 13.2 Å². The molecule has 72 valence electrons. The summed E-state index contributed by atoms with van der Waals surface area (Å²) in [4.78, 5) is 1.25. The van der Waals surface area contributed by atoms with E-state index < -0.39 is 18.1 Å². The lowest BCUT2D eigenvalue weighted by Crippen LogP contribution is -2.43. The van der Waals surface area contributed by atoms with Crippen molar-refractivity contribution in [2.24, 2.45) is 5.92 Å². The second-order valence-electron chi connectivity index (χ2n) is 3.20. The number of aliphatic hydroxyl groups is 1. The number of hydrogen-bond donors (Lipinski definition) is 1. The molecule has 1 rings (SSSR count). The summed E-state index contributed by atoms with van der Waals surface area (Å²) in [5.41, 5.74) is 0. The average molecular weight is 183 g/mol. The first-order valence-corrected chi connectivity index (χ1v) is 3.84. The molecule has 0 aromatic carbocycles. The zero-order valence-corrected chi connectivity index (χ0v) is 6.80. The van der Waals surface area contributed by atoms with E-state index in [9.17, 15) is 13.2 Å². The fraction of sp³-hybridized carbons (Fsp3) is 1.00. The summed E-state index contributed by atoms with van der Waals surface area (Å²) in [6.07, 6.45) is -3.78. The monoisotopic (exact) mass is 183 g/mol. The summed E-state index contributed by atoms with van der Waals surface area (Å²) in [5, 5.41) is 8.69. The summed E-state index contributed by atoms with van der Waals surface area (Å²) in [5.74, 6) is -0.644. The largest absolute Gasteiger partial charge is 0.404 e. The summed E-state index contributed by atoms with van der Waals surface area (Å²) >= 11 is 0. The second-order valence-corrected chi connectivity index (χ2v) is 3.20. The van der Waals surface area contributed by atoms with Crippen molar-refractivity contribution >= 4 is 0 Å². The molecular formula is C7H12F3NO. The number of likely N-dealkylation sites (tertiary alicyclic amines) is 1. The van der Waals surface area contributed by atoms with E-state index in [4.69, 9.17) is 5.11 Å². The number of rotatable bonds is 1. The van der Waals surface area contributed by atoms with Gasteiger partial charge in [-0.05, 0) is 20.0 Å². The van der Waals surface area contributed by atoms with E-state index in [1.165, 1.54) is 11.9 Å². The van der Waals surface area contributed by atoms with Crippen LogP contribution in [-0.2, 0) is 0 Å². The van der Waals surface area contributed by atoms with E-state index >= 15 is 0 Å². The Morgan fingerprint density at radius 3 is 2.42 bits per heavy atom. The van der Waals surface area contributed by atoms with Crippen LogP contribution in [0.25, 0.3) is 0 Å². The van der Waals surface area contributed by atoms with Crippen molar-refractivity contribution < 1.29 is 18.3 Å². The number of aliphatic hydroxyl groups excluding tert-OH is 1. The molecule has 0 unspecified atom stereocenters. The molecule has 1 aliphatic rings. The first kappa shape index (κ1) is 9.80. The van der Waals surface area contributed by atoms with Crippen molar-refractivity contribution in [2.45, 2.75) is 18.6 Å². The van der Waals surface area contributed by atoms with Crippen molar-refractivity contribution in [1.29, 1.82) is 0 Å². The SMILES string of the molecule is CN1CC[C@@H](CO)[C@@H]1C(F)(F)F. The third-order valence-corrected chi connectivity index (χ3v) is 2.34. The maximum atomic E-state index is 12.3. The molecule has 1 saturated heterocycles. The minimum atomic E-state index is -4.21. The molecule has 0 saturated carbocycles. The normalized spacial score (nSPS) is 32.8. The van der Waals surface area contributed by atoms with Crippen molar-refractivity contribution in [2.75, 3.05) is 20.2 Å². The Morgan fingerprint density at radius 1 is 1.50 bits per heavy atom. The van der Waals surface area contributed by atoms with E-state index in [1.54, 1.807) is 0 Å². The standard InChI is InChI=1S/C7H12F3NO/c1-11-3-2-5(4-12)6(11)7(8,9)10/h5-6,12H,2-4H2,1H3/t5-,6+/m0/s1. The maximum absolute atomic E-state index is 12.3. The van der Waals surface area contributed by atoms with Crippen LogP contribution in [0, 0.1) is 5.92 Å². The van der Waals surface area contributed by atoms with E-state index in [0.29, 0.717) is 13.0 Å². The average Bonchev–Trinajstić information content (AvgIpc) is 2.29. The molecule has 0 amide bonds. The third kappa shape index (κ3) is 1.72. The van der Waals surface area contributed by atoms with E-state index in [2.05, 4.69) is 0 Å². The van der Waals surface area contributed by atoms with Gasteiger partial charge in [-0.25, -0.2) is 0 Å². The highest BCUT2D eigenvalue weighted by Gasteiger charge is 2.49. The first-order chi connectivity index (χ1) is 5.46. The number of alkyl halides is 3. The molecule has 0 aliphatic carbocycles. The van der Waals surface area contributed by atoms with Crippen molar-refractivity contribution in [3.63, 3.8) is 0 Å². The van der Waals surface area contributed by atoms with Crippen molar-refractivity contribution in [3.05, 3.63) is 0 Å². The molecule has 5 heteroatoms. The highest BCUT2D eigenvalue weighted by molar-refractivity contribution is 4.89. The summed E-state index contributed by atoms with van der Waals surface area (Å²) in [6.45, 7) is 0.0317. The number of nitrogens with zero attached hydrogens (tertiary/aromatic N) is 1. The van der Waals surface area contributed by atoms with Crippen LogP contribution in [0.1, 0.15) is 6.42 Å². The van der Waals surface area contributed by atoms with Crippen LogP contribution in [-0.4, -0.2) is 42.4 Å². The predicted octanol–water partition coefficient (Wildman–Crippen LogP) is 0.861. The van der Waals surface area contributed by atoms with Crippen molar-refractivity contribution in [3.8, 4) is 0 Å². The Balaban J connectivity index is 2.70. The second kappa shape index (κ2) is 3.22. The molecule has 0 spiro atoms. The van der Waals surface area contributed by atoms with Gasteiger partial charge in [0.05, 0.1) is 0 Å². The Morgan fingerprint density at radius 2 is 2.08 bits per heavy atom. The molecule has 12 heavy (non-hydrogen) atoms. The van der Waals surface area contributed by atoms with Gasteiger partial charge < -0.3 is 5.11 Å². The van der Waals surface area contributed by atoms with Gasteiger partial charge in [0.25, 0.3) is 0 Å². The van der Waals surface area contributed by atoms with Gasteiger partial charge in [-0.3, -0.25) is 4.90 Å². The quantitative estimate of drug-likeness (QED) is 0.651. The molecule has 0 bridgehead atoms. The van der Waals surface area contributed by atoms with Crippen LogP contribution in [0.2, 0.25) is 0 Å². The Hall–Kier alpha value is -0.290. The van der Waals surface area contributed by atoms with Crippen molar-refractivity contribution in [1.82, 2.24) is 4.90 Å². The number of hydrogen-bond acceptors (Lipinski definition) is 2. The van der Waals surface area contributed by atoms with Crippen LogP contribution >= 0.6 is 0 Å². The molecular weight excluding hydrogens is 171 g/mol. The van der Waals surface area contributed by atoms with Crippen LogP contribution < -0.4 is 0 Å². The van der Waals surface area contributed by atoms with Gasteiger partial charge >= 0.3 is 6.18 Å². The van der Waals surface area contributed by atoms with Gasteiger partial charge in [0.2, 0.25) is 0 Å². The van der Waals surface area contributed by atoms with Crippen LogP contribution in [0.3, 0.4) is 0 Å². The van der Waals surface area contributed by atoms with Gasteiger partial charge in [0, 0.05) is 12.5 Å². The number of halogens is 3. The molecule has 2 atom stereocenters. The van der Waals surface area contributed by atoms with Gasteiger partial charge in [-0.15, -0.1) is 0 Å². The first-order valence-electron chi connectivity index (χ1n) is 3.84. The lowest BCUT2D eigenvalue weighted by molar-refractivity contribution is -0.184. The lowest BCUT2D eigenvalue weighted by Gasteiger charge is -2.26. The summed E-state index contributed by atoms with van der Waals surface area (Å²) in [7, 11) is 1.44. The lowest BCUT2D eigenvalue weighted by atomic mass is 10.0. The smallest absolute Gasteiger partial charge is 0.396 e. The summed E-state index contributed by atoms with van der Waals surface area (Å²) < 4.78 is 36.9. The highest BCUT2D eigenvalue weighted by atomic mass is 19.4. The Bertz CT molecular complexity index is 159. The molecule has 0 aromatic heterocycles. The minimum absolute atomic E-state index is 0.380. The molecule has 2 nitrogen and oxygen atoms in total. The van der Waals surface area contributed by atoms with Crippen LogP contribution in [0.5, 0.6) is 0 Å². The van der Waals surface area contributed by atoms with E-state index in [0.717, 1.165) is 0 Å².